The van der Waals surface area contributed by atoms with Crippen LogP contribution in [-0.2, 0) is 4.79 Å². The van der Waals surface area contributed by atoms with Crippen LogP contribution in [0.25, 0.3) is 0 Å². The predicted octanol–water partition coefficient (Wildman–Crippen LogP) is 2.16. The summed E-state index contributed by atoms with van der Waals surface area (Å²) in [6.45, 7) is 0.876. The normalized spacial score (nSPS) is 21.9. The van der Waals surface area contributed by atoms with Crippen molar-refractivity contribution in [3.63, 3.8) is 0 Å². The van der Waals surface area contributed by atoms with Crippen molar-refractivity contribution in [3.8, 4) is 17.2 Å². The van der Waals surface area contributed by atoms with E-state index in [1.165, 1.54) is 0 Å². The zero-order valence-corrected chi connectivity index (χ0v) is 9.48. The van der Waals surface area contributed by atoms with Crippen molar-refractivity contribution in [1.29, 1.82) is 0 Å². The van der Waals surface area contributed by atoms with Crippen molar-refractivity contribution in [2.45, 2.75) is 19.3 Å². The molecule has 1 aliphatic carbocycles. The Morgan fingerprint density at radius 3 is 3.00 bits per heavy atom. The summed E-state index contributed by atoms with van der Waals surface area (Å²) in [5.41, 5.74) is 0. The highest BCUT2D eigenvalue weighted by Gasteiger charge is 2.22. The van der Waals surface area contributed by atoms with Crippen molar-refractivity contribution in [2.24, 2.45) is 5.92 Å². The number of ether oxygens (including phenoxy) is 3. The molecule has 1 saturated carbocycles. The molecule has 1 fully saturated rings. The Hall–Kier alpha value is -1.71. The Morgan fingerprint density at radius 1 is 1.29 bits per heavy atom. The highest BCUT2D eigenvalue weighted by atomic mass is 16.7. The Labute approximate surface area is 99.5 Å². The second-order valence-corrected chi connectivity index (χ2v) is 4.47. The van der Waals surface area contributed by atoms with Gasteiger partial charge in [-0.25, -0.2) is 0 Å². The third-order valence-electron chi connectivity index (χ3n) is 3.18. The summed E-state index contributed by atoms with van der Waals surface area (Å²) < 4.78 is 16.2. The number of benzene rings is 1. The van der Waals surface area contributed by atoms with Gasteiger partial charge in [-0.1, -0.05) is 0 Å². The molecule has 1 atom stereocenters. The maximum Gasteiger partial charge on any atom is 0.231 e. The molecule has 0 bridgehead atoms. The number of Topliss-reactive ketones (excluding diaryl/α,β-unsaturated/α-hetero) is 1. The lowest BCUT2D eigenvalue weighted by Crippen LogP contribution is -2.08. The monoisotopic (exact) mass is 234 g/mol. The van der Waals surface area contributed by atoms with E-state index in [0.29, 0.717) is 31.1 Å². The highest BCUT2D eigenvalue weighted by molar-refractivity contribution is 5.80. The number of fused-ring (bicyclic) bond motifs is 1. The molecular weight excluding hydrogens is 220 g/mol. The molecule has 0 aromatic heterocycles. The maximum absolute atomic E-state index is 11.1. The molecule has 1 heterocycles. The van der Waals surface area contributed by atoms with Crippen LogP contribution in [0, 0.1) is 5.92 Å². The van der Waals surface area contributed by atoms with Crippen molar-refractivity contribution in [2.75, 3.05) is 13.4 Å². The van der Waals surface area contributed by atoms with Crippen molar-refractivity contribution >= 4 is 5.78 Å². The van der Waals surface area contributed by atoms with Crippen LogP contribution in [0.15, 0.2) is 18.2 Å². The second kappa shape index (κ2) is 4.28. The molecule has 0 N–H and O–H groups in total. The first kappa shape index (κ1) is 10.4. The van der Waals surface area contributed by atoms with Crippen LogP contribution in [-0.4, -0.2) is 19.2 Å². The van der Waals surface area contributed by atoms with Crippen LogP contribution in [0.4, 0.5) is 0 Å². The van der Waals surface area contributed by atoms with E-state index >= 15 is 0 Å². The molecule has 4 heteroatoms. The first-order valence-electron chi connectivity index (χ1n) is 5.85. The lowest BCUT2D eigenvalue weighted by Gasteiger charge is -2.10. The van der Waals surface area contributed by atoms with Crippen LogP contribution >= 0.6 is 0 Å². The Morgan fingerprint density at radius 2 is 2.18 bits per heavy atom. The minimum Gasteiger partial charge on any atom is -0.493 e. The van der Waals surface area contributed by atoms with Gasteiger partial charge in [0.2, 0.25) is 6.79 Å². The fraction of sp³-hybridized carbons (Fsp3) is 0.462. The molecule has 90 valence electrons. The number of carbonyl (C=O) groups is 1. The van der Waals surface area contributed by atoms with E-state index < -0.39 is 0 Å². The summed E-state index contributed by atoms with van der Waals surface area (Å²) in [5.74, 6) is 2.98. The molecule has 1 aromatic carbocycles. The maximum atomic E-state index is 11.1. The van der Waals surface area contributed by atoms with Crippen LogP contribution in [0.1, 0.15) is 19.3 Å². The second-order valence-electron chi connectivity index (χ2n) is 4.47. The van der Waals surface area contributed by atoms with E-state index in [1.54, 1.807) is 0 Å². The van der Waals surface area contributed by atoms with Gasteiger partial charge in [-0.3, -0.25) is 4.79 Å². The van der Waals surface area contributed by atoms with Gasteiger partial charge in [0.15, 0.2) is 11.5 Å². The van der Waals surface area contributed by atoms with Gasteiger partial charge >= 0.3 is 0 Å². The van der Waals surface area contributed by atoms with E-state index in [0.717, 1.165) is 23.7 Å². The third kappa shape index (κ3) is 2.20. The summed E-state index contributed by atoms with van der Waals surface area (Å²) in [6, 6.07) is 5.54. The minimum absolute atomic E-state index is 0.274. The number of hydrogen-bond donors (Lipinski definition) is 0. The van der Waals surface area contributed by atoms with E-state index in [2.05, 4.69) is 0 Å². The van der Waals surface area contributed by atoms with Gasteiger partial charge in [0.1, 0.15) is 11.5 Å². The van der Waals surface area contributed by atoms with Crippen LogP contribution < -0.4 is 14.2 Å². The Kier molecular flexibility index (Phi) is 2.63. The molecule has 1 aliphatic heterocycles. The van der Waals surface area contributed by atoms with Gasteiger partial charge in [-0.05, 0) is 18.6 Å². The molecule has 3 rings (SSSR count). The van der Waals surface area contributed by atoms with E-state index in [4.69, 9.17) is 14.2 Å². The molecular formula is C13H14O4. The fourth-order valence-electron chi connectivity index (χ4n) is 2.21. The Balaban J connectivity index is 1.60. The topological polar surface area (TPSA) is 44.8 Å². The summed E-state index contributed by atoms with van der Waals surface area (Å²) in [6.07, 6.45) is 2.31. The summed E-state index contributed by atoms with van der Waals surface area (Å²) >= 11 is 0. The van der Waals surface area contributed by atoms with E-state index in [-0.39, 0.29) is 6.79 Å². The molecule has 4 nitrogen and oxygen atoms in total. The molecule has 0 saturated heterocycles. The molecule has 1 unspecified atom stereocenters. The van der Waals surface area contributed by atoms with Crippen molar-refractivity contribution in [1.82, 2.24) is 0 Å². The highest BCUT2D eigenvalue weighted by Crippen LogP contribution is 2.35. The van der Waals surface area contributed by atoms with Gasteiger partial charge in [0.05, 0.1) is 6.61 Å². The first-order valence-corrected chi connectivity index (χ1v) is 5.85. The summed E-state index contributed by atoms with van der Waals surface area (Å²) in [5, 5.41) is 0. The predicted molar refractivity (Wildman–Crippen MR) is 60.4 cm³/mol. The molecule has 0 amide bonds. The smallest absolute Gasteiger partial charge is 0.231 e. The Bertz CT molecular complexity index is 441. The zero-order chi connectivity index (χ0) is 11.7. The number of hydrogen-bond acceptors (Lipinski definition) is 4. The molecule has 2 aliphatic rings. The van der Waals surface area contributed by atoms with Crippen molar-refractivity contribution in [3.05, 3.63) is 18.2 Å². The van der Waals surface area contributed by atoms with E-state index in [9.17, 15) is 4.79 Å². The molecule has 17 heavy (non-hydrogen) atoms. The number of carbonyl (C=O) groups excluding carboxylic acids is 1. The average molecular weight is 234 g/mol. The number of rotatable bonds is 3. The zero-order valence-electron chi connectivity index (χ0n) is 9.48. The number of ketones is 1. The minimum atomic E-state index is 0.274. The van der Waals surface area contributed by atoms with Crippen molar-refractivity contribution < 1.29 is 19.0 Å². The van der Waals surface area contributed by atoms with Gasteiger partial charge in [0.25, 0.3) is 0 Å². The third-order valence-corrected chi connectivity index (χ3v) is 3.18. The largest absolute Gasteiger partial charge is 0.493 e. The van der Waals surface area contributed by atoms with Gasteiger partial charge < -0.3 is 14.2 Å². The van der Waals surface area contributed by atoms with Crippen LogP contribution in [0.5, 0.6) is 17.2 Å². The molecule has 1 aromatic rings. The van der Waals surface area contributed by atoms with E-state index in [1.807, 2.05) is 18.2 Å². The van der Waals surface area contributed by atoms with Gasteiger partial charge in [-0.2, -0.15) is 0 Å². The molecule has 0 radical (unpaired) electrons. The van der Waals surface area contributed by atoms with Crippen LogP contribution in [0.2, 0.25) is 0 Å². The summed E-state index contributed by atoms with van der Waals surface area (Å²) in [4.78, 5) is 11.1. The van der Waals surface area contributed by atoms with Gasteiger partial charge in [0, 0.05) is 24.8 Å². The standard InChI is InChI=1S/C13H14O4/c14-10-2-1-9(5-10)7-15-11-3-4-12-13(6-11)17-8-16-12/h3-4,6,9H,1-2,5,7-8H2. The summed E-state index contributed by atoms with van der Waals surface area (Å²) in [7, 11) is 0. The first-order chi connectivity index (χ1) is 8.31. The van der Waals surface area contributed by atoms with Crippen LogP contribution in [0.3, 0.4) is 0 Å². The lowest BCUT2D eigenvalue weighted by atomic mass is 10.1. The SMILES string of the molecule is O=C1CCC(COc2ccc3c(c2)OCO3)C1. The van der Waals surface area contributed by atoms with Gasteiger partial charge in [-0.15, -0.1) is 0 Å². The quantitative estimate of drug-likeness (QED) is 0.804. The lowest BCUT2D eigenvalue weighted by molar-refractivity contribution is -0.117. The average Bonchev–Trinajstić information content (AvgIpc) is 2.94. The fourth-order valence-corrected chi connectivity index (χ4v) is 2.21. The molecule has 0 spiro atoms.